The Labute approximate surface area is 170 Å². The summed E-state index contributed by atoms with van der Waals surface area (Å²) < 4.78 is 16.0. The number of ether oxygens (including phenoxy) is 1. The number of likely N-dealkylation sites (tertiary alicyclic amines) is 1. The molecule has 29 heavy (non-hydrogen) atoms. The summed E-state index contributed by atoms with van der Waals surface area (Å²) in [6.07, 6.45) is 2.22. The molecule has 2 aliphatic heterocycles. The van der Waals surface area contributed by atoms with E-state index in [2.05, 4.69) is 20.2 Å². The van der Waals surface area contributed by atoms with Crippen LogP contribution in [0, 0.1) is 19.8 Å². The Morgan fingerprint density at radius 3 is 2.62 bits per heavy atom. The molecule has 0 unspecified atom stereocenters. The number of nitrogens with zero attached hydrogens (tertiary/aromatic N) is 5. The van der Waals surface area contributed by atoms with Crippen molar-refractivity contribution < 1.29 is 18.6 Å². The Morgan fingerprint density at radius 2 is 1.93 bits per heavy atom. The Bertz CT molecular complexity index is 816. The van der Waals surface area contributed by atoms with E-state index < -0.39 is 0 Å². The third kappa shape index (κ3) is 4.51. The minimum Gasteiger partial charge on any atom is -0.381 e. The van der Waals surface area contributed by atoms with Crippen LogP contribution < -0.4 is 0 Å². The largest absolute Gasteiger partial charge is 0.381 e. The van der Waals surface area contributed by atoms with E-state index in [4.69, 9.17) is 13.8 Å². The Hall–Kier alpha value is -2.26. The fourth-order valence-electron chi connectivity index (χ4n) is 3.98. The van der Waals surface area contributed by atoms with Crippen LogP contribution in [-0.4, -0.2) is 70.9 Å². The number of amides is 1. The van der Waals surface area contributed by atoms with E-state index in [1.807, 2.05) is 20.9 Å². The quantitative estimate of drug-likeness (QED) is 0.689. The second-order valence-corrected chi connectivity index (χ2v) is 8.14. The van der Waals surface area contributed by atoms with Crippen LogP contribution in [0.2, 0.25) is 0 Å². The highest BCUT2D eigenvalue weighted by Gasteiger charge is 2.33. The number of carbonyl (C=O) groups excluding carboxylic acids is 1. The first-order chi connectivity index (χ1) is 14.0. The Balaban J connectivity index is 1.22. The molecular formula is C20H29N5O4. The average molecular weight is 403 g/mol. The normalized spacial score (nSPS) is 18.7. The summed E-state index contributed by atoms with van der Waals surface area (Å²) in [5.41, 5.74) is 2.11. The molecule has 0 radical (unpaired) electrons. The summed E-state index contributed by atoms with van der Waals surface area (Å²) in [5.74, 6) is 2.76. The summed E-state index contributed by atoms with van der Waals surface area (Å²) in [6.45, 7) is 8.45. The van der Waals surface area contributed by atoms with E-state index >= 15 is 0 Å². The zero-order valence-electron chi connectivity index (χ0n) is 17.4. The second kappa shape index (κ2) is 8.62. The van der Waals surface area contributed by atoms with E-state index in [9.17, 15) is 4.79 Å². The number of likely N-dealkylation sites (N-methyl/N-ethyl adjacent to an activating group) is 1. The van der Waals surface area contributed by atoms with Crippen LogP contribution in [0.4, 0.5) is 0 Å². The van der Waals surface area contributed by atoms with Crippen LogP contribution in [0.1, 0.15) is 47.5 Å². The highest BCUT2D eigenvalue weighted by Crippen LogP contribution is 2.28. The predicted octanol–water partition coefficient (Wildman–Crippen LogP) is 1.70. The molecule has 2 fully saturated rings. The molecule has 0 atom stereocenters. The van der Waals surface area contributed by atoms with Gasteiger partial charge in [-0.1, -0.05) is 10.3 Å². The number of carbonyl (C=O) groups is 1. The molecule has 4 rings (SSSR count). The number of hydrogen-bond acceptors (Lipinski definition) is 8. The van der Waals surface area contributed by atoms with Crippen molar-refractivity contribution in [2.45, 2.75) is 45.6 Å². The van der Waals surface area contributed by atoms with Gasteiger partial charge in [-0.15, -0.1) is 0 Å². The van der Waals surface area contributed by atoms with E-state index in [1.165, 1.54) is 0 Å². The maximum Gasteiger partial charge on any atom is 0.232 e. The van der Waals surface area contributed by atoms with Gasteiger partial charge in [0.15, 0.2) is 5.82 Å². The number of aryl methyl sites for hydroxylation is 2. The van der Waals surface area contributed by atoms with Crippen LogP contribution in [0.15, 0.2) is 9.05 Å². The van der Waals surface area contributed by atoms with Crippen LogP contribution in [0.3, 0.4) is 0 Å². The predicted molar refractivity (Wildman–Crippen MR) is 103 cm³/mol. The van der Waals surface area contributed by atoms with Crippen LogP contribution >= 0.6 is 0 Å². The van der Waals surface area contributed by atoms with E-state index in [0.29, 0.717) is 37.9 Å². The van der Waals surface area contributed by atoms with Crippen molar-refractivity contribution in [3.05, 3.63) is 28.7 Å². The summed E-state index contributed by atoms with van der Waals surface area (Å²) in [5, 5.41) is 8.11. The lowest BCUT2D eigenvalue weighted by molar-refractivity contribution is -0.137. The zero-order chi connectivity index (χ0) is 20.4. The van der Waals surface area contributed by atoms with E-state index in [-0.39, 0.29) is 17.7 Å². The SMILES string of the molecule is Cc1noc(C)c1CN1CC(c2nc(CCN(C)C(=O)C3CCOCC3)no2)C1. The van der Waals surface area contributed by atoms with Gasteiger partial charge in [0.2, 0.25) is 11.8 Å². The lowest BCUT2D eigenvalue weighted by Crippen LogP contribution is -2.44. The van der Waals surface area contributed by atoms with Gasteiger partial charge < -0.3 is 18.7 Å². The smallest absolute Gasteiger partial charge is 0.232 e. The molecule has 0 N–H and O–H groups in total. The third-order valence-electron chi connectivity index (χ3n) is 5.97. The van der Waals surface area contributed by atoms with Gasteiger partial charge in [-0.25, -0.2) is 0 Å². The number of rotatable bonds is 7. The highest BCUT2D eigenvalue weighted by molar-refractivity contribution is 5.78. The van der Waals surface area contributed by atoms with Crippen LogP contribution in [0.5, 0.6) is 0 Å². The maximum atomic E-state index is 12.5. The average Bonchev–Trinajstić information content (AvgIpc) is 3.29. The first-order valence-electron chi connectivity index (χ1n) is 10.3. The molecule has 0 spiro atoms. The van der Waals surface area contributed by atoms with Crippen molar-refractivity contribution >= 4 is 5.91 Å². The van der Waals surface area contributed by atoms with Gasteiger partial charge in [-0.05, 0) is 26.7 Å². The van der Waals surface area contributed by atoms with Gasteiger partial charge in [-0.2, -0.15) is 4.98 Å². The summed E-state index contributed by atoms with van der Waals surface area (Å²) in [7, 11) is 1.84. The highest BCUT2D eigenvalue weighted by atomic mass is 16.5. The fourth-order valence-corrected chi connectivity index (χ4v) is 3.98. The van der Waals surface area contributed by atoms with Crippen molar-refractivity contribution in [3.8, 4) is 0 Å². The molecule has 9 nitrogen and oxygen atoms in total. The van der Waals surface area contributed by atoms with Crippen molar-refractivity contribution in [2.75, 3.05) is 39.9 Å². The Morgan fingerprint density at radius 1 is 1.17 bits per heavy atom. The molecule has 9 heteroatoms. The number of aromatic nitrogens is 3. The van der Waals surface area contributed by atoms with Gasteiger partial charge in [0.05, 0.1) is 11.6 Å². The summed E-state index contributed by atoms with van der Waals surface area (Å²) in [4.78, 5) is 21.1. The van der Waals surface area contributed by atoms with Crippen molar-refractivity contribution in [1.82, 2.24) is 25.1 Å². The topological polar surface area (TPSA) is 97.7 Å². The summed E-state index contributed by atoms with van der Waals surface area (Å²) >= 11 is 0. The molecule has 2 saturated heterocycles. The maximum absolute atomic E-state index is 12.5. The molecular weight excluding hydrogens is 374 g/mol. The number of hydrogen-bond donors (Lipinski definition) is 0. The molecule has 0 bridgehead atoms. The minimum absolute atomic E-state index is 0.0771. The van der Waals surface area contributed by atoms with Crippen molar-refractivity contribution in [1.29, 1.82) is 0 Å². The standard InChI is InChI=1S/C20H29N5O4/c1-13-17(14(2)28-22-13)12-25-10-16(11-25)19-21-18(23-29-19)4-7-24(3)20(26)15-5-8-27-9-6-15/h15-16H,4-12H2,1-3H3. The molecule has 0 saturated carbocycles. The van der Waals surface area contributed by atoms with Crippen molar-refractivity contribution in [3.63, 3.8) is 0 Å². The van der Waals surface area contributed by atoms with Crippen LogP contribution in [-0.2, 0) is 22.5 Å². The third-order valence-corrected chi connectivity index (χ3v) is 5.97. The van der Waals surface area contributed by atoms with Gasteiger partial charge in [0.1, 0.15) is 5.76 Å². The van der Waals surface area contributed by atoms with E-state index in [1.54, 1.807) is 4.90 Å². The Kier molecular flexibility index (Phi) is 5.96. The molecule has 2 aromatic rings. The monoisotopic (exact) mass is 403 g/mol. The summed E-state index contributed by atoms with van der Waals surface area (Å²) in [6, 6.07) is 0. The first-order valence-corrected chi connectivity index (χ1v) is 10.3. The van der Waals surface area contributed by atoms with Crippen LogP contribution in [0.25, 0.3) is 0 Å². The molecule has 1 amide bonds. The molecule has 2 aromatic heterocycles. The fraction of sp³-hybridized carbons (Fsp3) is 0.700. The molecule has 4 heterocycles. The molecule has 158 valence electrons. The lowest BCUT2D eigenvalue weighted by Gasteiger charge is -2.36. The lowest BCUT2D eigenvalue weighted by atomic mass is 9.98. The van der Waals surface area contributed by atoms with Gasteiger partial charge >= 0.3 is 0 Å². The first kappa shape index (κ1) is 20.0. The minimum atomic E-state index is 0.0771. The second-order valence-electron chi connectivity index (χ2n) is 8.14. The van der Waals surface area contributed by atoms with Gasteiger partial charge in [0.25, 0.3) is 0 Å². The van der Waals surface area contributed by atoms with E-state index in [0.717, 1.165) is 49.5 Å². The molecule has 0 aromatic carbocycles. The van der Waals surface area contributed by atoms with Gasteiger partial charge in [-0.3, -0.25) is 9.69 Å². The molecule has 2 aliphatic rings. The molecule has 0 aliphatic carbocycles. The van der Waals surface area contributed by atoms with Crippen molar-refractivity contribution in [2.24, 2.45) is 5.92 Å². The zero-order valence-corrected chi connectivity index (χ0v) is 17.4. The van der Waals surface area contributed by atoms with Gasteiger partial charge in [0, 0.05) is 64.3 Å².